The van der Waals surface area contributed by atoms with Gasteiger partial charge < -0.3 is 14.8 Å². The molecule has 1 aliphatic rings. The fourth-order valence-corrected chi connectivity index (χ4v) is 2.29. The van der Waals surface area contributed by atoms with Crippen LogP contribution in [-0.4, -0.2) is 24.0 Å². The van der Waals surface area contributed by atoms with Crippen LogP contribution in [0.3, 0.4) is 0 Å². The van der Waals surface area contributed by atoms with Crippen LogP contribution in [0.1, 0.15) is 15.9 Å². The van der Waals surface area contributed by atoms with Crippen LogP contribution in [0.4, 0.5) is 10.1 Å². The van der Waals surface area contributed by atoms with Crippen molar-refractivity contribution in [1.82, 2.24) is 5.32 Å². The number of carbonyl (C=O) groups excluding carboxylic acids is 1. The lowest BCUT2D eigenvalue weighted by atomic mass is 10.1. The molecule has 0 fully saturated rings. The quantitative estimate of drug-likeness (QED) is 0.686. The smallest absolute Gasteiger partial charge is 0.286 e. The molecule has 3 rings (SSSR count). The first-order chi connectivity index (χ1) is 11.5. The number of hydrogen-bond acceptors (Lipinski definition) is 5. The van der Waals surface area contributed by atoms with Gasteiger partial charge in [-0.25, -0.2) is 4.39 Å². The van der Waals surface area contributed by atoms with Gasteiger partial charge in [-0.05, 0) is 17.7 Å². The standard InChI is InChI=1S/C16H13FN2O5/c17-11-3-1-10(2-4-11)9-18-16(20)12-7-14-15(24-6-5-23-14)8-13(12)19(21)22/h1-4,7-8H,5-6,9H2,(H,18,20). The number of nitro groups is 1. The van der Waals surface area contributed by atoms with Gasteiger partial charge in [0.25, 0.3) is 11.6 Å². The second kappa shape index (κ2) is 6.53. The van der Waals surface area contributed by atoms with Crippen molar-refractivity contribution < 1.29 is 23.6 Å². The van der Waals surface area contributed by atoms with Crippen LogP contribution >= 0.6 is 0 Å². The Kier molecular flexibility index (Phi) is 4.28. The molecule has 124 valence electrons. The molecule has 0 spiro atoms. The van der Waals surface area contributed by atoms with Crippen LogP contribution < -0.4 is 14.8 Å². The summed E-state index contributed by atoms with van der Waals surface area (Å²) in [5.74, 6) is -0.475. The molecular weight excluding hydrogens is 319 g/mol. The zero-order valence-corrected chi connectivity index (χ0v) is 12.5. The molecule has 1 N–H and O–H groups in total. The third kappa shape index (κ3) is 3.27. The Bertz CT molecular complexity index is 792. The summed E-state index contributed by atoms with van der Waals surface area (Å²) in [5.41, 5.74) is 0.187. The topological polar surface area (TPSA) is 90.7 Å². The lowest BCUT2D eigenvalue weighted by molar-refractivity contribution is -0.385. The third-order valence-corrected chi connectivity index (χ3v) is 3.47. The first kappa shape index (κ1) is 15.7. The Labute approximate surface area is 136 Å². The number of nitro benzene ring substituents is 1. The van der Waals surface area contributed by atoms with Crippen molar-refractivity contribution in [3.8, 4) is 11.5 Å². The van der Waals surface area contributed by atoms with Gasteiger partial charge in [0.2, 0.25) is 0 Å². The van der Waals surface area contributed by atoms with Crippen molar-refractivity contribution in [1.29, 1.82) is 0 Å². The van der Waals surface area contributed by atoms with Crippen molar-refractivity contribution in [3.05, 3.63) is 63.5 Å². The van der Waals surface area contributed by atoms with Crippen LogP contribution in [0.25, 0.3) is 0 Å². The zero-order chi connectivity index (χ0) is 17.1. The van der Waals surface area contributed by atoms with E-state index in [1.807, 2.05) is 0 Å². The van der Waals surface area contributed by atoms with Crippen LogP contribution in [0.5, 0.6) is 11.5 Å². The van der Waals surface area contributed by atoms with Gasteiger partial charge in [-0.1, -0.05) is 12.1 Å². The highest BCUT2D eigenvalue weighted by Gasteiger charge is 2.26. The minimum absolute atomic E-state index is 0.116. The number of benzene rings is 2. The third-order valence-electron chi connectivity index (χ3n) is 3.47. The fraction of sp³-hybridized carbons (Fsp3) is 0.188. The molecule has 8 heteroatoms. The van der Waals surface area contributed by atoms with E-state index in [0.717, 1.165) is 0 Å². The average Bonchev–Trinajstić information content (AvgIpc) is 2.59. The number of amides is 1. The van der Waals surface area contributed by atoms with Crippen molar-refractivity contribution in [3.63, 3.8) is 0 Å². The number of rotatable bonds is 4. The maximum atomic E-state index is 12.9. The predicted molar refractivity (Wildman–Crippen MR) is 81.7 cm³/mol. The van der Waals surface area contributed by atoms with Crippen LogP contribution in [0.2, 0.25) is 0 Å². The van der Waals surface area contributed by atoms with Crippen molar-refractivity contribution >= 4 is 11.6 Å². The van der Waals surface area contributed by atoms with E-state index in [1.165, 1.54) is 36.4 Å². The molecule has 0 saturated heterocycles. The lowest BCUT2D eigenvalue weighted by Gasteiger charge is -2.18. The predicted octanol–water partition coefficient (Wildman–Crippen LogP) is 2.44. The summed E-state index contributed by atoms with van der Waals surface area (Å²) in [6, 6.07) is 8.07. The largest absolute Gasteiger partial charge is 0.486 e. The van der Waals surface area contributed by atoms with E-state index in [1.54, 1.807) is 0 Å². The lowest BCUT2D eigenvalue weighted by Crippen LogP contribution is -2.24. The Morgan fingerprint density at radius 2 is 1.79 bits per heavy atom. The van der Waals surface area contributed by atoms with Crippen LogP contribution in [0.15, 0.2) is 36.4 Å². The molecule has 0 aromatic heterocycles. The molecule has 0 saturated carbocycles. The molecular formula is C16H13FN2O5. The summed E-state index contributed by atoms with van der Waals surface area (Å²) in [5, 5.41) is 13.8. The van der Waals surface area contributed by atoms with E-state index in [-0.39, 0.29) is 29.4 Å². The Morgan fingerprint density at radius 1 is 1.17 bits per heavy atom. The maximum Gasteiger partial charge on any atom is 0.286 e. The minimum Gasteiger partial charge on any atom is -0.486 e. The molecule has 24 heavy (non-hydrogen) atoms. The number of carbonyl (C=O) groups is 1. The molecule has 0 bridgehead atoms. The normalized spacial score (nSPS) is 12.5. The highest BCUT2D eigenvalue weighted by molar-refractivity contribution is 5.99. The van der Waals surface area contributed by atoms with E-state index < -0.39 is 10.8 Å². The first-order valence-electron chi connectivity index (χ1n) is 7.15. The molecule has 0 radical (unpaired) electrons. The maximum absolute atomic E-state index is 12.9. The summed E-state index contributed by atoms with van der Waals surface area (Å²) in [6.45, 7) is 0.715. The highest BCUT2D eigenvalue weighted by Crippen LogP contribution is 2.36. The number of nitrogens with zero attached hydrogens (tertiary/aromatic N) is 1. The van der Waals surface area contributed by atoms with E-state index in [0.29, 0.717) is 24.5 Å². The number of nitrogens with one attached hydrogen (secondary N) is 1. The second-order valence-corrected chi connectivity index (χ2v) is 5.08. The number of fused-ring (bicyclic) bond motifs is 1. The summed E-state index contributed by atoms with van der Waals surface area (Å²) < 4.78 is 23.5. The van der Waals surface area contributed by atoms with Gasteiger partial charge in [0.1, 0.15) is 24.6 Å². The molecule has 2 aromatic carbocycles. The summed E-state index contributed by atoms with van der Waals surface area (Å²) >= 11 is 0. The molecule has 1 aliphatic heterocycles. The second-order valence-electron chi connectivity index (χ2n) is 5.08. The number of halogens is 1. The van der Waals surface area contributed by atoms with Gasteiger partial charge in [0.05, 0.1) is 11.0 Å². The van der Waals surface area contributed by atoms with Crippen LogP contribution in [-0.2, 0) is 6.54 Å². The Morgan fingerprint density at radius 3 is 2.42 bits per heavy atom. The average molecular weight is 332 g/mol. The van der Waals surface area contributed by atoms with Crippen LogP contribution in [0, 0.1) is 15.9 Å². The number of hydrogen-bond donors (Lipinski definition) is 1. The van der Waals surface area contributed by atoms with Gasteiger partial charge in [0, 0.05) is 12.6 Å². The van der Waals surface area contributed by atoms with Crippen molar-refractivity contribution in [2.45, 2.75) is 6.54 Å². The fourth-order valence-electron chi connectivity index (χ4n) is 2.29. The minimum atomic E-state index is -0.648. The first-order valence-corrected chi connectivity index (χ1v) is 7.15. The van der Waals surface area contributed by atoms with E-state index >= 15 is 0 Å². The summed E-state index contributed by atoms with van der Waals surface area (Å²) in [4.78, 5) is 22.9. The van der Waals surface area contributed by atoms with Gasteiger partial charge in [-0.15, -0.1) is 0 Å². The van der Waals surface area contributed by atoms with Gasteiger partial charge in [0.15, 0.2) is 11.5 Å². The SMILES string of the molecule is O=C(NCc1ccc(F)cc1)c1cc2c(cc1[N+](=O)[O-])OCCO2. The Hall–Kier alpha value is -3.16. The molecule has 1 amide bonds. The molecule has 7 nitrogen and oxygen atoms in total. The van der Waals surface area contributed by atoms with Gasteiger partial charge in [-0.3, -0.25) is 14.9 Å². The van der Waals surface area contributed by atoms with E-state index in [2.05, 4.69) is 5.32 Å². The van der Waals surface area contributed by atoms with E-state index in [9.17, 15) is 19.3 Å². The zero-order valence-electron chi connectivity index (χ0n) is 12.5. The van der Waals surface area contributed by atoms with Crippen molar-refractivity contribution in [2.75, 3.05) is 13.2 Å². The molecule has 2 aromatic rings. The van der Waals surface area contributed by atoms with Gasteiger partial charge >= 0.3 is 0 Å². The number of ether oxygens (including phenoxy) is 2. The van der Waals surface area contributed by atoms with Crippen molar-refractivity contribution in [2.24, 2.45) is 0 Å². The molecule has 0 unspecified atom stereocenters. The highest BCUT2D eigenvalue weighted by atomic mass is 19.1. The molecule has 0 atom stereocenters. The Balaban J connectivity index is 1.82. The van der Waals surface area contributed by atoms with Gasteiger partial charge in [-0.2, -0.15) is 0 Å². The summed E-state index contributed by atoms with van der Waals surface area (Å²) in [6.07, 6.45) is 0. The summed E-state index contributed by atoms with van der Waals surface area (Å²) in [7, 11) is 0. The molecule has 0 aliphatic carbocycles. The van der Waals surface area contributed by atoms with E-state index in [4.69, 9.17) is 9.47 Å². The molecule has 1 heterocycles. The monoisotopic (exact) mass is 332 g/mol.